The maximum absolute atomic E-state index is 12.2. The van der Waals surface area contributed by atoms with Gasteiger partial charge >= 0.3 is 6.03 Å². The monoisotopic (exact) mass is 296 g/mol. The highest BCUT2D eigenvalue weighted by Gasteiger charge is 2.23. The number of halogens is 1. The molecule has 1 heterocycles. The van der Waals surface area contributed by atoms with Crippen molar-refractivity contribution >= 4 is 17.6 Å². The molecule has 2 amide bonds. The number of hydrogen-bond donors (Lipinski definition) is 2. The predicted molar refractivity (Wildman–Crippen MR) is 79.8 cm³/mol. The van der Waals surface area contributed by atoms with Crippen molar-refractivity contribution in [3.05, 3.63) is 34.9 Å². The van der Waals surface area contributed by atoms with Crippen molar-refractivity contribution < 1.29 is 9.90 Å². The Balaban J connectivity index is 1.98. The highest BCUT2D eigenvalue weighted by Crippen LogP contribution is 2.20. The predicted octanol–water partition coefficient (Wildman–Crippen LogP) is 2.96. The summed E-state index contributed by atoms with van der Waals surface area (Å²) in [7, 11) is 0. The van der Waals surface area contributed by atoms with Gasteiger partial charge in [-0.1, -0.05) is 30.7 Å². The Bertz CT molecular complexity index is 450. The maximum Gasteiger partial charge on any atom is 0.317 e. The SMILES string of the molecule is CC[C@H](NC(=O)N1CCC[C@@H](O)C1)c1ccc(Cl)cc1. The molecule has 0 spiro atoms. The first kappa shape index (κ1) is 15.1. The summed E-state index contributed by atoms with van der Waals surface area (Å²) >= 11 is 5.88. The van der Waals surface area contributed by atoms with E-state index in [1.165, 1.54) is 0 Å². The zero-order valence-electron chi connectivity index (χ0n) is 11.7. The molecule has 0 bridgehead atoms. The number of hydrogen-bond acceptors (Lipinski definition) is 2. The number of likely N-dealkylation sites (tertiary alicyclic amines) is 1. The van der Waals surface area contributed by atoms with Gasteiger partial charge in [-0.3, -0.25) is 0 Å². The fourth-order valence-electron chi connectivity index (χ4n) is 2.50. The molecule has 5 heteroatoms. The number of β-amino-alcohol motifs (C(OH)–C–C–N with tert-alkyl or cyclic N) is 1. The van der Waals surface area contributed by atoms with Gasteiger partial charge in [-0.25, -0.2) is 4.79 Å². The molecular formula is C15H21ClN2O2. The highest BCUT2D eigenvalue weighted by atomic mass is 35.5. The summed E-state index contributed by atoms with van der Waals surface area (Å²) in [6, 6.07) is 7.39. The Morgan fingerprint density at radius 2 is 2.20 bits per heavy atom. The largest absolute Gasteiger partial charge is 0.391 e. The molecule has 1 aliphatic rings. The standard InChI is InChI=1S/C15H21ClN2O2/c1-2-14(11-5-7-12(16)8-6-11)17-15(20)18-9-3-4-13(19)10-18/h5-8,13-14,19H,2-4,9-10H2,1H3,(H,17,20)/t13-,14+/m1/s1. The van der Waals surface area contributed by atoms with Gasteiger partial charge in [0.15, 0.2) is 0 Å². The van der Waals surface area contributed by atoms with Crippen LogP contribution in [0.15, 0.2) is 24.3 Å². The van der Waals surface area contributed by atoms with Gasteiger partial charge in [0, 0.05) is 18.1 Å². The van der Waals surface area contributed by atoms with Gasteiger partial charge in [0.05, 0.1) is 12.1 Å². The van der Waals surface area contributed by atoms with Crippen molar-refractivity contribution in [1.82, 2.24) is 10.2 Å². The van der Waals surface area contributed by atoms with Crippen LogP contribution in [0, 0.1) is 0 Å². The first-order valence-corrected chi connectivity index (χ1v) is 7.47. The summed E-state index contributed by atoms with van der Waals surface area (Å²) in [4.78, 5) is 13.9. The molecule has 0 radical (unpaired) electrons. The second-order valence-corrected chi connectivity index (χ2v) is 5.64. The minimum atomic E-state index is -0.398. The van der Waals surface area contributed by atoms with Crippen LogP contribution in [-0.4, -0.2) is 35.2 Å². The molecule has 2 N–H and O–H groups in total. The third kappa shape index (κ3) is 3.87. The van der Waals surface area contributed by atoms with E-state index in [-0.39, 0.29) is 12.1 Å². The van der Waals surface area contributed by atoms with Crippen LogP contribution >= 0.6 is 11.6 Å². The van der Waals surface area contributed by atoms with Gasteiger partial charge < -0.3 is 15.3 Å². The molecule has 1 saturated heterocycles. The summed E-state index contributed by atoms with van der Waals surface area (Å²) < 4.78 is 0. The summed E-state index contributed by atoms with van der Waals surface area (Å²) in [6.07, 6.45) is 2.04. The Morgan fingerprint density at radius 1 is 1.50 bits per heavy atom. The van der Waals surface area contributed by atoms with Crippen LogP contribution in [0.25, 0.3) is 0 Å². The van der Waals surface area contributed by atoms with E-state index >= 15 is 0 Å². The number of rotatable bonds is 3. The van der Waals surface area contributed by atoms with Crippen molar-refractivity contribution in [1.29, 1.82) is 0 Å². The van der Waals surface area contributed by atoms with E-state index in [1.807, 2.05) is 31.2 Å². The molecule has 2 rings (SSSR count). The summed E-state index contributed by atoms with van der Waals surface area (Å²) in [5, 5.41) is 13.3. The van der Waals surface area contributed by atoms with Crippen molar-refractivity contribution in [2.75, 3.05) is 13.1 Å². The number of amides is 2. The molecule has 4 nitrogen and oxygen atoms in total. The van der Waals surface area contributed by atoms with E-state index in [0.717, 1.165) is 24.8 Å². The van der Waals surface area contributed by atoms with E-state index < -0.39 is 6.10 Å². The molecule has 2 atom stereocenters. The number of aliphatic hydroxyl groups excluding tert-OH is 1. The van der Waals surface area contributed by atoms with Crippen LogP contribution in [0.3, 0.4) is 0 Å². The lowest BCUT2D eigenvalue weighted by Gasteiger charge is -2.31. The van der Waals surface area contributed by atoms with Crippen LogP contribution in [0.1, 0.15) is 37.8 Å². The number of carbonyl (C=O) groups excluding carboxylic acids is 1. The quantitative estimate of drug-likeness (QED) is 0.901. The lowest BCUT2D eigenvalue weighted by Crippen LogP contribution is -2.47. The van der Waals surface area contributed by atoms with E-state index in [2.05, 4.69) is 5.32 Å². The van der Waals surface area contributed by atoms with Gasteiger partial charge in [0.2, 0.25) is 0 Å². The zero-order valence-corrected chi connectivity index (χ0v) is 12.4. The highest BCUT2D eigenvalue weighted by molar-refractivity contribution is 6.30. The van der Waals surface area contributed by atoms with Crippen molar-refractivity contribution in [3.8, 4) is 0 Å². The van der Waals surface area contributed by atoms with Crippen LogP contribution in [0.4, 0.5) is 4.79 Å². The molecule has 1 aliphatic heterocycles. The van der Waals surface area contributed by atoms with Crippen molar-refractivity contribution in [3.63, 3.8) is 0 Å². The molecule has 110 valence electrons. The lowest BCUT2D eigenvalue weighted by atomic mass is 10.0. The molecule has 20 heavy (non-hydrogen) atoms. The third-order valence-electron chi connectivity index (χ3n) is 3.66. The zero-order chi connectivity index (χ0) is 14.5. The maximum atomic E-state index is 12.2. The Morgan fingerprint density at radius 3 is 2.80 bits per heavy atom. The fourth-order valence-corrected chi connectivity index (χ4v) is 2.62. The van der Waals surface area contributed by atoms with Crippen molar-refractivity contribution in [2.45, 2.75) is 38.3 Å². The molecule has 0 saturated carbocycles. The van der Waals surface area contributed by atoms with Gasteiger partial charge in [-0.2, -0.15) is 0 Å². The summed E-state index contributed by atoms with van der Waals surface area (Å²) in [6.45, 7) is 3.16. The molecule has 0 unspecified atom stereocenters. The number of aliphatic hydroxyl groups is 1. The molecule has 1 aromatic rings. The second-order valence-electron chi connectivity index (χ2n) is 5.20. The van der Waals surface area contributed by atoms with Crippen LogP contribution in [-0.2, 0) is 0 Å². The molecule has 1 aromatic carbocycles. The molecule has 0 aromatic heterocycles. The van der Waals surface area contributed by atoms with Gasteiger partial charge in [0.25, 0.3) is 0 Å². The number of nitrogens with one attached hydrogen (secondary N) is 1. The van der Waals surface area contributed by atoms with Crippen LogP contribution in [0.2, 0.25) is 5.02 Å². The minimum absolute atomic E-state index is 0.0289. The van der Waals surface area contributed by atoms with E-state index in [4.69, 9.17) is 11.6 Å². The summed E-state index contributed by atoms with van der Waals surface area (Å²) in [5.41, 5.74) is 1.04. The molecular weight excluding hydrogens is 276 g/mol. The molecule has 0 aliphatic carbocycles. The van der Waals surface area contributed by atoms with E-state index in [1.54, 1.807) is 4.90 Å². The van der Waals surface area contributed by atoms with Gasteiger partial charge in [0.1, 0.15) is 0 Å². The third-order valence-corrected chi connectivity index (χ3v) is 3.91. The fraction of sp³-hybridized carbons (Fsp3) is 0.533. The smallest absolute Gasteiger partial charge is 0.317 e. The van der Waals surface area contributed by atoms with Gasteiger partial charge in [-0.05, 0) is 37.0 Å². The van der Waals surface area contributed by atoms with Crippen LogP contribution in [0.5, 0.6) is 0 Å². The van der Waals surface area contributed by atoms with Crippen molar-refractivity contribution in [2.24, 2.45) is 0 Å². The van der Waals surface area contributed by atoms with Crippen LogP contribution < -0.4 is 5.32 Å². The minimum Gasteiger partial charge on any atom is -0.391 e. The number of nitrogens with zero attached hydrogens (tertiary/aromatic N) is 1. The Labute approximate surface area is 124 Å². The number of carbonyl (C=O) groups is 1. The summed E-state index contributed by atoms with van der Waals surface area (Å²) in [5.74, 6) is 0. The topological polar surface area (TPSA) is 52.6 Å². The number of urea groups is 1. The molecule has 1 fully saturated rings. The van der Waals surface area contributed by atoms with E-state index in [9.17, 15) is 9.90 Å². The first-order valence-electron chi connectivity index (χ1n) is 7.09. The van der Waals surface area contributed by atoms with E-state index in [0.29, 0.717) is 18.1 Å². The first-order chi connectivity index (χ1) is 9.60. The average molecular weight is 297 g/mol. The van der Waals surface area contributed by atoms with Gasteiger partial charge in [-0.15, -0.1) is 0 Å². The Hall–Kier alpha value is -1.26. The Kier molecular flexibility index (Phi) is 5.26. The average Bonchev–Trinajstić information content (AvgIpc) is 2.45. The normalized spacial score (nSPS) is 20.6. The number of benzene rings is 1. The second kappa shape index (κ2) is 6.95. The lowest BCUT2D eigenvalue weighted by molar-refractivity contribution is 0.0832. The number of piperidine rings is 1.